The predicted molar refractivity (Wildman–Crippen MR) is 141 cm³/mol. The van der Waals surface area contributed by atoms with E-state index in [4.69, 9.17) is 0 Å². The summed E-state index contributed by atoms with van der Waals surface area (Å²) in [6.45, 7) is 7.00. The second-order valence-electron chi connectivity index (χ2n) is 10.3. The molecule has 0 N–H and O–H groups in total. The Labute approximate surface area is 193 Å². The van der Waals surface area contributed by atoms with E-state index in [1.807, 2.05) is 0 Å². The third-order valence-corrected chi connectivity index (χ3v) is 7.13. The fourth-order valence-electron chi connectivity index (χ4n) is 5.04. The van der Waals surface area contributed by atoms with Gasteiger partial charge in [0.2, 0.25) is 0 Å². The van der Waals surface area contributed by atoms with Crippen LogP contribution < -0.4 is 0 Å². The zero-order chi connectivity index (χ0) is 22.0. The van der Waals surface area contributed by atoms with Crippen LogP contribution in [0.1, 0.15) is 188 Å². The topological polar surface area (TPSA) is 0 Å². The van der Waals surface area contributed by atoms with Crippen LogP contribution in [-0.2, 0) is 0 Å². The summed E-state index contributed by atoms with van der Waals surface area (Å²) in [6, 6.07) is 0. The van der Waals surface area contributed by atoms with E-state index in [1.54, 1.807) is 0 Å². The van der Waals surface area contributed by atoms with Crippen molar-refractivity contribution in [2.75, 3.05) is 0 Å². The molecule has 0 aromatic carbocycles. The first-order valence-electron chi connectivity index (χ1n) is 14.8. The Morgan fingerprint density at radius 1 is 0.267 bits per heavy atom. The maximum absolute atomic E-state index is 2.37. The first-order chi connectivity index (χ1) is 14.8. The predicted octanol–water partition coefficient (Wildman–Crippen LogP) is 11.8. The van der Waals surface area contributed by atoms with Gasteiger partial charge in [0.1, 0.15) is 0 Å². The molecule has 0 heteroatoms. The van der Waals surface area contributed by atoms with E-state index in [0.717, 1.165) is 5.92 Å². The molecule has 0 aromatic heterocycles. The Hall–Kier alpha value is 0. The molecule has 0 fully saturated rings. The molecule has 0 aromatic rings. The molecule has 0 aliphatic rings. The minimum atomic E-state index is 1.04. The second-order valence-corrected chi connectivity index (χ2v) is 10.3. The summed E-state index contributed by atoms with van der Waals surface area (Å²) in [5.74, 6) is 1.04. The third-order valence-electron chi connectivity index (χ3n) is 7.13. The van der Waals surface area contributed by atoms with Gasteiger partial charge in [-0.25, -0.2) is 0 Å². The molecule has 0 aliphatic heterocycles. The second kappa shape index (κ2) is 27.0. The average molecular weight is 423 g/mol. The summed E-state index contributed by atoms with van der Waals surface area (Å²) >= 11 is 0. The van der Waals surface area contributed by atoms with Crippen LogP contribution >= 0.6 is 0 Å². The Balaban J connectivity index is 3.24. The molecule has 0 saturated heterocycles. The van der Waals surface area contributed by atoms with Crippen LogP contribution in [0.4, 0.5) is 0 Å². The van der Waals surface area contributed by atoms with Crippen LogP contribution in [0.15, 0.2) is 0 Å². The Bertz CT molecular complexity index is 282. The van der Waals surface area contributed by atoms with Crippen molar-refractivity contribution in [2.45, 2.75) is 188 Å². The van der Waals surface area contributed by atoms with Crippen LogP contribution in [0.3, 0.4) is 0 Å². The van der Waals surface area contributed by atoms with E-state index in [2.05, 4.69) is 20.8 Å². The van der Waals surface area contributed by atoms with Crippen molar-refractivity contribution >= 4 is 0 Å². The summed E-state index contributed by atoms with van der Waals surface area (Å²) in [5.41, 5.74) is 0. The van der Waals surface area contributed by atoms with Gasteiger partial charge in [0.25, 0.3) is 0 Å². The zero-order valence-corrected chi connectivity index (χ0v) is 22.0. The molecule has 0 bridgehead atoms. The lowest BCUT2D eigenvalue weighted by atomic mass is 9.91. The minimum absolute atomic E-state index is 1.04. The number of rotatable bonds is 26. The summed E-state index contributed by atoms with van der Waals surface area (Å²) < 4.78 is 0. The average Bonchev–Trinajstić information content (AvgIpc) is 2.75. The summed E-state index contributed by atoms with van der Waals surface area (Å²) in [6.07, 6.45) is 38.3. The first kappa shape index (κ1) is 30.0. The van der Waals surface area contributed by atoms with E-state index in [9.17, 15) is 0 Å². The highest BCUT2D eigenvalue weighted by Gasteiger charge is 2.07. The summed E-state index contributed by atoms with van der Waals surface area (Å²) in [7, 11) is 0. The van der Waals surface area contributed by atoms with Crippen molar-refractivity contribution in [2.24, 2.45) is 5.92 Å². The molecule has 0 amide bonds. The molecular formula is C30H62. The lowest BCUT2D eigenvalue weighted by molar-refractivity contribution is 0.378. The Morgan fingerprint density at radius 3 is 0.833 bits per heavy atom. The molecule has 0 radical (unpaired) electrons. The molecule has 0 rings (SSSR count). The van der Waals surface area contributed by atoms with Gasteiger partial charge < -0.3 is 0 Å². The molecule has 0 heterocycles. The van der Waals surface area contributed by atoms with E-state index in [1.165, 1.54) is 167 Å². The van der Waals surface area contributed by atoms with Crippen LogP contribution in [0.5, 0.6) is 0 Å². The monoisotopic (exact) mass is 422 g/mol. The summed E-state index contributed by atoms with van der Waals surface area (Å²) in [5, 5.41) is 0. The van der Waals surface area contributed by atoms with Crippen molar-refractivity contribution in [3.05, 3.63) is 0 Å². The number of hydrogen-bond donors (Lipinski definition) is 0. The fraction of sp³-hybridized carbons (Fsp3) is 1.00. The molecule has 1 unspecified atom stereocenters. The number of hydrogen-bond acceptors (Lipinski definition) is 0. The van der Waals surface area contributed by atoms with E-state index < -0.39 is 0 Å². The van der Waals surface area contributed by atoms with Gasteiger partial charge in [0.05, 0.1) is 0 Å². The van der Waals surface area contributed by atoms with E-state index >= 15 is 0 Å². The molecule has 0 saturated carbocycles. The summed E-state index contributed by atoms with van der Waals surface area (Å²) in [4.78, 5) is 0. The Kier molecular flexibility index (Phi) is 27.0. The SMILES string of the molecule is CCCCCCCCCCCCCCCCCCCCC(CCC)CCCCCC. The van der Waals surface area contributed by atoms with Crippen molar-refractivity contribution in [3.63, 3.8) is 0 Å². The molecule has 0 spiro atoms. The maximum atomic E-state index is 2.37. The maximum Gasteiger partial charge on any atom is -0.0414 e. The fourth-order valence-corrected chi connectivity index (χ4v) is 5.04. The van der Waals surface area contributed by atoms with Crippen LogP contribution in [0, 0.1) is 5.92 Å². The highest BCUT2D eigenvalue weighted by Crippen LogP contribution is 2.23. The quantitative estimate of drug-likeness (QED) is 0.122. The molecule has 0 aliphatic carbocycles. The molecule has 0 nitrogen and oxygen atoms in total. The van der Waals surface area contributed by atoms with Crippen molar-refractivity contribution in [1.29, 1.82) is 0 Å². The first-order valence-corrected chi connectivity index (χ1v) is 14.8. The van der Waals surface area contributed by atoms with Crippen LogP contribution in [0.25, 0.3) is 0 Å². The largest absolute Gasteiger partial charge is 0.0654 e. The van der Waals surface area contributed by atoms with Crippen LogP contribution in [0.2, 0.25) is 0 Å². The van der Waals surface area contributed by atoms with Crippen molar-refractivity contribution < 1.29 is 0 Å². The van der Waals surface area contributed by atoms with Gasteiger partial charge in [-0.2, -0.15) is 0 Å². The normalized spacial score (nSPS) is 12.5. The van der Waals surface area contributed by atoms with E-state index in [-0.39, 0.29) is 0 Å². The lowest BCUT2D eigenvalue weighted by Crippen LogP contribution is -2.00. The lowest BCUT2D eigenvalue weighted by Gasteiger charge is -2.15. The van der Waals surface area contributed by atoms with E-state index in [0.29, 0.717) is 0 Å². The van der Waals surface area contributed by atoms with Crippen molar-refractivity contribution in [1.82, 2.24) is 0 Å². The standard InChI is InChI=1S/C30H62/c1-4-7-9-11-12-13-14-15-16-17-18-19-20-21-22-23-24-26-29-30(27-6-3)28-25-10-8-5-2/h30H,4-29H2,1-3H3. The molecule has 1 atom stereocenters. The zero-order valence-electron chi connectivity index (χ0n) is 22.0. The third kappa shape index (κ3) is 24.3. The van der Waals surface area contributed by atoms with Gasteiger partial charge in [0.15, 0.2) is 0 Å². The molecular weight excluding hydrogens is 360 g/mol. The van der Waals surface area contributed by atoms with Gasteiger partial charge in [-0.3, -0.25) is 0 Å². The highest BCUT2D eigenvalue weighted by molar-refractivity contribution is 4.60. The minimum Gasteiger partial charge on any atom is -0.0654 e. The van der Waals surface area contributed by atoms with Gasteiger partial charge in [-0.1, -0.05) is 188 Å². The van der Waals surface area contributed by atoms with Crippen LogP contribution in [-0.4, -0.2) is 0 Å². The molecule has 30 heavy (non-hydrogen) atoms. The van der Waals surface area contributed by atoms with Crippen molar-refractivity contribution in [3.8, 4) is 0 Å². The Morgan fingerprint density at radius 2 is 0.533 bits per heavy atom. The van der Waals surface area contributed by atoms with Gasteiger partial charge in [0, 0.05) is 0 Å². The number of unbranched alkanes of at least 4 members (excludes halogenated alkanes) is 20. The molecule has 182 valence electrons. The van der Waals surface area contributed by atoms with Gasteiger partial charge in [-0.15, -0.1) is 0 Å². The highest BCUT2D eigenvalue weighted by atomic mass is 14.1. The van der Waals surface area contributed by atoms with Gasteiger partial charge >= 0.3 is 0 Å². The van der Waals surface area contributed by atoms with Gasteiger partial charge in [-0.05, 0) is 5.92 Å². The smallest absolute Gasteiger partial charge is 0.0414 e.